The van der Waals surface area contributed by atoms with Crippen LogP contribution in [0, 0.1) is 0 Å². The van der Waals surface area contributed by atoms with Crippen LogP contribution in [0.25, 0.3) is 0 Å². The molecule has 1 aliphatic rings. The van der Waals surface area contributed by atoms with Gasteiger partial charge in [-0.3, -0.25) is 4.79 Å². The van der Waals surface area contributed by atoms with E-state index in [1.165, 1.54) is 12.8 Å². The van der Waals surface area contributed by atoms with Gasteiger partial charge in [-0.05, 0) is 25.0 Å². The van der Waals surface area contributed by atoms with Crippen molar-refractivity contribution in [2.75, 3.05) is 19.4 Å². The van der Waals surface area contributed by atoms with Crippen LogP contribution >= 0.6 is 0 Å². The maximum atomic E-state index is 12.8. The number of hydrogen-bond acceptors (Lipinski definition) is 3. The minimum atomic E-state index is -0.00588. The van der Waals surface area contributed by atoms with Crippen molar-refractivity contribution in [1.82, 2.24) is 4.90 Å². The number of nitrogens with zero attached hydrogens (tertiary/aromatic N) is 1. The number of anilines is 1. The lowest BCUT2D eigenvalue weighted by Gasteiger charge is -2.28. The van der Waals surface area contributed by atoms with Crippen LogP contribution < -0.4 is 10.5 Å². The molecule has 0 aliphatic heterocycles. The predicted octanol–water partition coefficient (Wildman–Crippen LogP) is 2.85. The second-order valence-electron chi connectivity index (χ2n) is 5.14. The highest BCUT2D eigenvalue weighted by Crippen LogP contribution is 2.28. The Hall–Kier alpha value is -1.97. The second kappa shape index (κ2) is 6.46. The lowest BCUT2D eigenvalue weighted by atomic mass is 10.1. The van der Waals surface area contributed by atoms with Crippen LogP contribution in [0.4, 0.5) is 5.69 Å². The summed E-state index contributed by atoms with van der Waals surface area (Å²) in [6, 6.07) is 5.47. The molecule has 1 aromatic rings. The van der Waals surface area contributed by atoms with E-state index in [0.717, 1.165) is 12.8 Å². The fourth-order valence-electron chi connectivity index (χ4n) is 2.79. The Balaban J connectivity index is 2.28. The number of carbonyl (C=O) groups excluding carboxylic acids is 1. The zero-order valence-electron chi connectivity index (χ0n) is 12.0. The van der Waals surface area contributed by atoms with E-state index in [9.17, 15) is 4.79 Å². The number of benzene rings is 1. The first-order chi connectivity index (χ1) is 9.67. The van der Waals surface area contributed by atoms with Gasteiger partial charge in [-0.2, -0.15) is 0 Å². The van der Waals surface area contributed by atoms with Crippen molar-refractivity contribution in [3.8, 4) is 5.75 Å². The summed E-state index contributed by atoms with van der Waals surface area (Å²) in [7, 11) is 1.55. The number of amides is 1. The van der Waals surface area contributed by atoms with Crippen molar-refractivity contribution >= 4 is 11.6 Å². The van der Waals surface area contributed by atoms with Gasteiger partial charge >= 0.3 is 0 Å². The van der Waals surface area contributed by atoms with E-state index in [0.29, 0.717) is 29.6 Å². The standard InChI is InChI=1S/C16H22N2O2/c1-3-10-18(13-6-4-5-7-13)16(19)14-9-8-12(17)11-15(14)20-2/h3,8-9,11,13H,1,4-7,10,17H2,2H3. The van der Waals surface area contributed by atoms with Crippen molar-refractivity contribution in [2.24, 2.45) is 0 Å². The highest BCUT2D eigenvalue weighted by molar-refractivity contribution is 5.97. The number of carbonyl (C=O) groups is 1. The van der Waals surface area contributed by atoms with Crippen LogP contribution in [-0.2, 0) is 0 Å². The van der Waals surface area contributed by atoms with Gasteiger partial charge in [0.15, 0.2) is 0 Å². The lowest BCUT2D eigenvalue weighted by Crippen LogP contribution is -2.39. The molecule has 1 aromatic carbocycles. The number of nitrogen functional groups attached to an aromatic ring is 1. The molecule has 0 aromatic heterocycles. The largest absolute Gasteiger partial charge is 0.496 e. The summed E-state index contributed by atoms with van der Waals surface area (Å²) in [5.41, 5.74) is 6.90. The van der Waals surface area contributed by atoms with E-state index >= 15 is 0 Å². The van der Waals surface area contributed by atoms with Crippen molar-refractivity contribution in [2.45, 2.75) is 31.7 Å². The molecule has 4 heteroatoms. The molecule has 0 saturated heterocycles. The van der Waals surface area contributed by atoms with E-state index in [4.69, 9.17) is 10.5 Å². The van der Waals surface area contributed by atoms with Gasteiger partial charge in [0.1, 0.15) is 5.75 Å². The number of hydrogen-bond donors (Lipinski definition) is 1. The van der Waals surface area contributed by atoms with Crippen molar-refractivity contribution in [3.05, 3.63) is 36.4 Å². The Bertz CT molecular complexity index is 493. The van der Waals surface area contributed by atoms with Gasteiger partial charge in [0.2, 0.25) is 0 Å². The summed E-state index contributed by atoms with van der Waals surface area (Å²) in [6.07, 6.45) is 6.28. The highest BCUT2D eigenvalue weighted by Gasteiger charge is 2.28. The SMILES string of the molecule is C=CCN(C(=O)c1ccc(N)cc1OC)C1CCCC1. The average molecular weight is 274 g/mol. The third-order valence-corrected chi connectivity index (χ3v) is 3.81. The molecular formula is C16H22N2O2. The average Bonchev–Trinajstić information content (AvgIpc) is 2.97. The minimum Gasteiger partial charge on any atom is -0.496 e. The third-order valence-electron chi connectivity index (χ3n) is 3.81. The summed E-state index contributed by atoms with van der Waals surface area (Å²) in [6.45, 7) is 4.33. The zero-order chi connectivity index (χ0) is 14.5. The smallest absolute Gasteiger partial charge is 0.258 e. The minimum absolute atomic E-state index is 0.00588. The van der Waals surface area contributed by atoms with Gasteiger partial charge in [0.25, 0.3) is 5.91 Å². The summed E-state index contributed by atoms with van der Waals surface area (Å²) in [5.74, 6) is 0.524. The van der Waals surface area contributed by atoms with Gasteiger partial charge in [-0.25, -0.2) is 0 Å². The third kappa shape index (κ3) is 2.95. The predicted molar refractivity (Wildman–Crippen MR) is 80.9 cm³/mol. The Labute approximate surface area is 120 Å². The summed E-state index contributed by atoms with van der Waals surface area (Å²) in [4.78, 5) is 14.7. The molecule has 1 fully saturated rings. The first-order valence-electron chi connectivity index (χ1n) is 7.02. The quantitative estimate of drug-likeness (QED) is 0.663. The first kappa shape index (κ1) is 14.4. The van der Waals surface area contributed by atoms with E-state index in [1.807, 2.05) is 4.90 Å². The molecule has 0 heterocycles. The fourth-order valence-corrected chi connectivity index (χ4v) is 2.79. The van der Waals surface area contributed by atoms with E-state index in [2.05, 4.69) is 6.58 Å². The molecule has 0 unspecified atom stereocenters. The summed E-state index contributed by atoms with van der Waals surface area (Å²) >= 11 is 0. The highest BCUT2D eigenvalue weighted by atomic mass is 16.5. The maximum absolute atomic E-state index is 12.8. The number of ether oxygens (including phenoxy) is 1. The van der Waals surface area contributed by atoms with Gasteiger partial charge < -0.3 is 15.4 Å². The molecule has 2 rings (SSSR count). The van der Waals surface area contributed by atoms with Gasteiger partial charge in [0.05, 0.1) is 12.7 Å². The normalized spacial score (nSPS) is 15.1. The number of rotatable bonds is 5. The molecule has 1 saturated carbocycles. The Morgan fingerprint density at radius 1 is 1.50 bits per heavy atom. The van der Waals surface area contributed by atoms with Crippen LogP contribution in [0.1, 0.15) is 36.0 Å². The van der Waals surface area contributed by atoms with Crippen molar-refractivity contribution in [3.63, 3.8) is 0 Å². The summed E-state index contributed by atoms with van der Waals surface area (Å²) in [5, 5.41) is 0. The van der Waals surface area contributed by atoms with E-state index in [1.54, 1.807) is 31.4 Å². The molecule has 0 radical (unpaired) electrons. The number of nitrogens with two attached hydrogens (primary N) is 1. The first-order valence-corrected chi connectivity index (χ1v) is 7.02. The van der Waals surface area contributed by atoms with Gasteiger partial charge in [-0.1, -0.05) is 18.9 Å². The van der Waals surface area contributed by atoms with E-state index < -0.39 is 0 Å². The molecule has 0 spiro atoms. The topological polar surface area (TPSA) is 55.6 Å². The molecule has 4 nitrogen and oxygen atoms in total. The van der Waals surface area contributed by atoms with E-state index in [-0.39, 0.29) is 5.91 Å². The Kier molecular flexibility index (Phi) is 4.66. The molecule has 2 N–H and O–H groups in total. The van der Waals surface area contributed by atoms with Crippen LogP contribution in [0.15, 0.2) is 30.9 Å². The zero-order valence-corrected chi connectivity index (χ0v) is 12.0. The molecule has 20 heavy (non-hydrogen) atoms. The lowest BCUT2D eigenvalue weighted by molar-refractivity contribution is 0.0703. The monoisotopic (exact) mass is 274 g/mol. The van der Waals surface area contributed by atoms with Crippen molar-refractivity contribution in [1.29, 1.82) is 0 Å². The van der Waals surface area contributed by atoms with Crippen LogP contribution in [0.2, 0.25) is 0 Å². The summed E-state index contributed by atoms with van der Waals surface area (Å²) < 4.78 is 5.28. The molecule has 1 aliphatic carbocycles. The van der Waals surface area contributed by atoms with Crippen molar-refractivity contribution < 1.29 is 9.53 Å². The second-order valence-corrected chi connectivity index (χ2v) is 5.14. The van der Waals surface area contributed by atoms with Gasteiger partial charge in [-0.15, -0.1) is 6.58 Å². The molecule has 1 amide bonds. The van der Waals surface area contributed by atoms with Gasteiger partial charge in [0, 0.05) is 24.3 Å². The van der Waals surface area contributed by atoms with Crippen LogP contribution in [-0.4, -0.2) is 30.5 Å². The number of methoxy groups -OCH3 is 1. The fraction of sp³-hybridized carbons (Fsp3) is 0.438. The van der Waals surface area contributed by atoms with Crippen LogP contribution in [0.3, 0.4) is 0 Å². The maximum Gasteiger partial charge on any atom is 0.258 e. The molecular weight excluding hydrogens is 252 g/mol. The molecule has 0 bridgehead atoms. The molecule has 108 valence electrons. The Morgan fingerprint density at radius 2 is 2.20 bits per heavy atom. The van der Waals surface area contributed by atoms with Crippen LogP contribution in [0.5, 0.6) is 5.75 Å². The Morgan fingerprint density at radius 3 is 2.80 bits per heavy atom. The molecule has 0 atom stereocenters.